The summed E-state index contributed by atoms with van der Waals surface area (Å²) < 4.78 is 7.42. The molecule has 3 heterocycles. The second kappa shape index (κ2) is 16.1. The van der Waals surface area contributed by atoms with Gasteiger partial charge in [0.25, 0.3) is 0 Å². The van der Waals surface area contributed by atoms with Gasteiger partial charge in [-0.25, -0.2) is 0 Å². The third-order valence-electron chi connectivity index (χ3n) is 14.8. The van der Waals surface area contributed by atoms with E-state index in [1.165, 1.54) is 103 Å². The number of para-hydroxylation sites is 3. The minimum atomic E-state index is -2.70. The molecule has 0 N–H and O–H groups in total. The van der Waals surface area contributed by atoms with Crippen molar-refractivity contribution in [3.8, 4) is 28.2 Å². The van der Waals surface area contributed by atoms with Crippen LogP contribution in [0.1, 0.15) is 0 Å². The summed E-state index contributed by atoms with van der Waals surface area (Å²) in [6, 6.07) is 101. The molecule has 0 radical (unpaired) electrons. The van der Waals surface area contributed by atoms with Crippen molar-refractivity contribution in [3.05, 3.63) is 273 Å². The van der Waals surface area contributed by atoms with E-state index < -0.39 is 8.07 Å². The van der Waals surface area contributed by atoms with E-state index in [9.17, 15) is 0 Å². The molecule has 0 spiro atoms. The largest absolute Gasteiger partial charge is 0.309 e. The highest BCUT2D eigenvalue weighted by molar-refractivity contribution is 7.19. The Labute approximate surface area is 407 Å². The number of benzene rings is 11. The van der Waals surface area contributed by atoms with Crippen LogP contribution in [0.5, 0.6) is 0 Å². The average molecular weight is 908 g/mol. The fourth-order valence-electron chi connectivity index (χ4n) is 11.8. The summed E-state index contributed by atoms with van der Waals surface area (Å²) in [5, 5.41) is 12.9. The van der Waals surface area contributed by atoms with Crippen molar-refractivity contribution in [1.82, 2.24) is 13.7 Å². The van der Waals surface area contributed by atoms with E-state index in [1.54, 1.807) is 0 Å². The molecule has 0 aliphatic heterocycles. The monoisotopic (exact) mass is 907 g/mol. The molecule has 0 aliphatic rings. The predicted molar refractivity (Wildman–Crippen MR) is 299 cm³/mol. The minimum absolute atomic E-state index is 1.12. The van der Waals surface area contributed by atoms with Gasteiger partial charge in [-0.05, 0) is 98.6 Å². The topological polar surface area (TPSA) is 14.8 Å². The summed E-state index contributed by atoms with van der Waals surface area (Å²) in [5.41, 5.74) is 12.9. The normalized spacial score (nSPS) is 12.0. The Morgan fingerprint density at radius 1 is 0.229 bits per heavy atom. The Bertz CT molecular complexity index is 4170. The zero-order chi connectivity index (χ0) is 46.2. The van der Waals surface area contributed by atoms with E-state index in [-0.39, 0.29) is 0 Å². The van der Waals surface area contributed by atoms with Gasteiger partial charge in [-0.1, -0.05) is 206 Å². The molecule has 0 atom stereocenters. The molecule has 14 aromatic rings. The van der Waals surface area contributed by atoms with Crippen LogP contribution in [0.2, 0.25) is 0 Å². The molecule has 0 amide bonds. The highest BCUT2D eigenvalue weighted by Crippen LogP contribution is 2.42. The Balaban J connectivity index is 0.967. The highest BCUT2D eigenvalue weighted by atomic mass is 28.3. The van der Waals surface area contributed by atoms with Crippen LogP contribution in [-0.4, -0.2) is 21.8 Å². The van der Waals surface area contributed by atoms with E-state index >= 15 is 0 Å². The Hall–Kier alpha value is -8.96. The van der Waals surface area contributed by atoms with E-state index in [1.807, 2.05) is 0 Å². The number of hydrogen-bond acceptors (Lipinski definition) is 0. The lowest BCUT2D eigenvalue weighted by molar-refractivity contribution is 1.15. The van der Waals surface area contributed by atoms with Gasteiger partial charge in [-0.2, -0.15) is 0 Å². The van der Waals surface area contributed by atoms with Gasteiger partial charge in [0.05, 0.1) is 38.8 Å². The molecule has 0 saturated heterocycles. The zero-order valence-corrected chi connectivity index (χ0v) is 39.3. The van der Waals surface area contributed by atoms with E-state index in [0.29, 0.717) is 0 Å². The maximum absolute atomic E-state index is 2.70. The number of nitrogens with zero attached hydrogens (tertiary/aromatic N) is 3. The quantitative estimate of drug-likeness (QED) is 0.107. The van der Waals surface area contributed by atoms with Crippen molar-refractivity contribution in [2.45, 2.75) is 0 Å². The molecular weight excluding hydrogens is 863 g/mol. The predicted octanol–water partition coefficient (Wildman–Crippen LogP) is 14.0. The molecule has 0 unspecified atom stereocenters. The standard InChI is InChI=1S/C66H45N3Si/c1-5-20-46(21-6-1)47-36-43-62-58(44-47)55-29-14-17-32-60(55)69(62)64-35-19-34-63-66(64)57-30-15-18-33-61(57)68(63)49-39-42-56-54-28-13-16-31-59(54)67(65(56)45-49)48-37-40-53(41-38-48)70(50-22-7-2-8-23-50,51-24-9-3-10-25-51)52-26-11-4-12-27-52/h1-45H. The number of aromatic nitrogens is 3. The van der Waals surface area contributed by atoms with Crippen LogP contribution in [0.4, 0.5) is 0 Å². The molecular formula is C66H45N3Si. The lowest BCUT2D eigenvalue weighted by atomic mass is 10.0. The van der Waals surface area contributed by atoms with Gasteiger partial charge in [-0.3, -0.25) is 0 Å². The van der Waals surface area contributed by atoms with Crippen LogP contribution in [0.15, 0.2) is 273 Å². The summed E-state index contributed by atoms with van der Waals surface area (Å²) in [4.78, 5) is 0. The Kier molecular flexibility index (Phi) is 9.23. The van der Waals surface area contributed by atoms with Crippen LogP contribution < -0.4 is 20.7 Å². The molecule has 3 aromatic heterocycles. The van der Waals surface area contributed by atoms with E-state index in [0.717, 1.165) is 11.4 Å². The lowest BCUT2D eigenvalue weighted by Crippen LogP contribution is -2.74. The number of rotatable bonds is 8. The summed E-state index contributed by atoms with van der Waals surface area (Å²) >= 11 is 0. The molecule has 3 nitrogen and oxygen atoms in total. The smallest absolute Gasteiger partial charge is 0.179 e. The molecule has 0 saturated carbocycles. The molecule has 0 aliphatic carbocycles. The van der Waals surface area contributed by atoms with Gasteiger partial charge in [-0.15, -0.1) is 0 Å². The first-order valence-corrected chi connectivity index (χ1v) is 26.2. The van der Waals surface area contributed by atoms with Gasteiger partial charge in [0.2, 0.25) is 0 Å². The SMILES string of the molecule is c1ccc(-c2ccc3c(c2)c2ccccc2n3-c2cccc3c2c2ccccc2n3-c2ccc3c4ccccc4n(-c4ccc([Si](c5ccccc5)(c5ccccc5)c5ccccc5)cc4)c3c2)cc1. The Morgan fingerprint density at radius 2 is 0.671 bits per heavy atom. The molecule has 11 aromatic carbocycles. The molecule has 328 valence electrons. The van der Waals surface area contributed by atoms with Crippen molar-refractivity contribution in [3.63, 3.8) is 0 Å². The third kappa shape index (κ3) is 6.00. The van der Waals surface area contributed by atoms with Crippen LogP contribution in [-0.2, 0) is 0 Å². The number of fused-ring (bicyclic) bond motifs is 9. The van der Waals surface area contributed by atoms with Crippen LogP contribution in [0.3, 0.4) is 0 Å². The third-order valence-corrected chi connectivity index (χ3v) is 19.6. The highest BCUT2D eigenvalue weighted by Gasteiger charge is 2.41. The van der Waals surface area contributed by atoms with Crippen LogP contribution in [0, 0.1) is 0 Å². The van der Waals surface area contributed by atoms with Gasteiger partial charge in [0.15, 0.2) is 8.07 Å². The van der Waals surface area contributed by atoms with Gasteiger partial charge in [0.1, 0.15) is 0 Å². The lowest BCUT2D eigenvalue weighted by Gasteiger charge is -2.34. The first-order valence-electron chi connectivity index (χ1n) is 24.2. The van der Waals surface area contributed by atoms with E-state index in [2.05, 4.69) is 287 Å². The van der Waals surface area contributed by atoms with Gasteiger partial charge < -0.3 is 13.7 Å². The first-order chi connectivity index (χ1) is 34.8. The van der Waals surface area contributed by atoms with Crippen molar-refractivity contribution >= 4 is 94.2 Å². The molecule has 70 heavy (non-hydrogen) atoms. The summed E-state index contributed by atoms with van der Waals surface area (Å²) in [5.74, 6) is 0. The molecule has 0 bridgehead atoms. The summed E-state index contributed by atoms with van der Waals surface area (Å²) in [7, 11) is -2.70. The summed E-state index contributed by atoms with van der Waals surface area (Å²) in [6.45, 7) is 0. The van der Waals surface area contributed by atoms with Gasteiger partial charge in [0, 0.05) is 43.7 Å². The number of hydrogen-bond donors (Lipinski definition) is 0. The summed E-state index contributed by atoms with van der Waals surface area (Å²) in [6.07, 6.45) is 0. The van der Waals surface area contributed by atoms with Crippen molar-refractivity contribution in [2.75, 3.05) is 0 Å². The minimum Gasteiger partial charge on any atom is -0.309 e. The second-order valence-electron chi connectivity index (χ2n) is 18.4. The second-order valence-corrected chi connectivity index (χ2v) is 22.2. The maximum atomic E-state index is 2.48. The Morgan fingerprint density at radius 3 is 1.30 bits per heavy atom. The average Bonchev–Trinajstić information content (AvgIpc) is 4.08. The fourth-order valence-corrected chi connectivity index (χ4v) is 16.6. The van der Waals surface area contributed by atoms with Crippen LogP contribution in [0.25, 0.3) is 93.6 Å². The van der Waals surface area contributed by atoms with Crippen molar-refractivity contribution in [2.24, 2.45) is 0 Å². The molecule has 0 fully saturated rings. The molecule has 14 rings (SSSR count). The fraction of sp³-hybridized carbons (Fsp3) is 0. The molecule has 4 heteroatoms. The zero-order valence-electron chi connectivity index (χ0n) is 38.3. The van der Waals surface area contributed by atoms with E-state index in [4.69, 9.17) is 0 Å². The van der Waals surface area contributed by atoms with Gasteiger partial charge >= 0.3 is 0 Å². The van der Waals surface area contributed by atoms with Crippen LogP contribution >= 0.6 is 0 Å². The van der Waals surface area contributed by atoms with Crippen molar-refractivity contribution < 1.29 is 0 Å². The van der Waals surface area contributed by atoms with Crippen molar-refractivity contribution in [1.29, 1.82) is 0 Å². The first kappa shape index (κ1) is 40.1. The maximum Gasteiger partial charge on any atom is 0.179 e.